The number of rotatable bonds is 7. The third-order valence-electron chi connectivity index (χ3n) is 5.16. The molecule has 2 amide bonds. The summed E-state index contributed by atoms with van der Waals surface area (Å²) >= 11 is 6.02. The summed E-state index contributed by atoms with van der Waals surface area (Å²) in [7, 11) is 0. The second-order valence-corrected chi connectivity index (χ2v) is 7.71. The number of hydrogen-bond donors (Lipinski definition) is 1. The summed E-state index contributed by atoms with van der Waals surface area (Å²) < 4.78 is 5.59. The molecule has 0 unspecified atom stereocenters. The van der Waals surface area contributed by atoms with Crippen molar-refractivity contribution in [2.24, 2.45) is 0 Å². The Balaban J connectivity index is 1.62. The minimum absolute atomic E-state index is 0.111. The molecule has 0 aliphatic rings. The average Bonchev–Trinajstić information content (AvgIpc) is 3.34. The molecule has 0 radical (unpaired) electrons. The molecular weight excluding hydrogens is 438 g/mol. The number of amides is 2. The SMILES string of the molecule is CCN(C(=O)c1ccccc1-c1ocnc1C(=O)NCc1cccc(Cl)c1)c1ccccc1. The van der Waals surface area contributed by atoms with Crippen molar-refractivity contribution >= 4 is 29.1 Å². The van der Waals surface area contributed by atoms with E-state index in [1.54, 1.807) is 41.3 Å². The minimum Gasteiger partial charge on any atom is -0.443 e. The van der Waals surface area contributed by atoms with E-state index in [2.05, 4.69) is 10.3 Å². The molecule has 0 bridgehead atoms. The number of anilines is 1. The van der Waals surface area contributed by atoms with Gasteiger partial charge in [-0.1, -0.05) is 60.1 Å². The zero-order valence-corrected chi connectivity index (χ0v) is 18.8. The molecule has 7 heteroatoms. The number of nitrogens with one attached hydrogen (secondary N) is 1. The van der Waals surface area contributed by atoms with Crippen LogP contribution in [0.4, 0.5) is 5.69 Å². The molecule has 33 heavy (non-hydrogen) atoms. The maximum Gasteiger partial charge on any atom is 0.274 e. The lowest BCUT2D eigenvalue weighted by Crippen LogP contribution is -2.31. The summed E-state index contributed by atoms with van der Waals surface area (Å²) in [6, 6.07) is 23.7. The normalized spacial score (nSPS) is 10.6. The van der Waals surface area contributed by atoms with Gasteiger partial charge in [0.05, 0.1) is 5.56 Å². The molecule has 4 aromatic rings. The Morgan fingerprint density at radius 2 is 1.76 bits per heavy atom. The third kappa shape index (κ3) is 4.96. The van der Waals surface area contributed by atoms with E-state index in [1.807, 2.05) is 49.4 Å². The van der Waals surface area contributed by atoms with Gasteiger partial charge in [0.2, 0.25) is 0 Å². The number of halogens is 1. The molecule has 166 valence electrons. The predicted molar refractivity (Wildman–Crippen MR) is 128 cm³/mol. The van der Waals surface area contributed by atoms with Crippen LogP contribution >= 0.6 is 11.6 Å². The molecule has 0 fully saturated rings. The largest absolute Gasteiger partial charge is 0.443 e. The van der Waals surface area contributed by atoms with Gasteiger partial charge in [0.15, 0.2) is 17.8 Å². The monoisotopic (exact) mass is 459 g/mol. The summed E-state index contributed by atoms with van der Waals surface area (Å²) in [4.78, 5) is 32.1. The molecule has 0 saturated carbocycles. The van der Waals surface area contributed by atoms with Crippen molar-refractivity contribution < 1.29 is 14.0 Å². The van der Waals surface area contributed by atoms with Crippen molar-refractivity contribution in [1.29, 1.82) is 0 Å². The van der Waals surface area contributed by atoms with Crippen molar-refractivity contribution in [1.82, 2.24) is 10.3 Å². The van der Waals surface area contributed by atoms with Gasteiger partial charge in [-0.25, -0.2) is 4.98 Å². The number of carbonyl (C=O) groups is 2. The van der Waals surface area contributed by atoms with Gasteiger partial charge in [-0.15, -0.1) is 0 Å². The van der Waals surface area contributed by atoms with Crippen LogP contribution in [0.2, 0.25) is 5.02 Å². The molecule has 1 N–H and O–H groups in total. The van der Waals surface area contributed by atoms with Crippen LogP contribution in [0.3, 0.4) is 0 Å². The van der Waals surface area contributed by atoms with Crippen molar-refractivity contribution in [3.8, 4) is 11.3 Å². The number of hydrogen-bond acceptors (Lipinski definition) is 4. The van der Waals surface area contributed by atoms with E-state index < -0.39 is 5.91 Å². The lowest BCUT2D eigenvalue weighted by atomic mass is 10.0. The summed E-state index contributed by atoms with van der Waals surface area (Å²) in [5, 5.41) is 3.42. The van der Waals surface area contributed by atoms with E-state index in [9.17, 15) is 9.59 Å². The molecule has 0 atom stereocenters. The predicted octanol–water partition coefficient (Wildman–Crippen LogP) is 5.59. The van der Waals surface area contributed by atoms with Crippen LogP contribution in [0.25, 0.3) is 11.3 Å². The van der Waals surface area contributed by atoms with E-state index in [1.165, 1.54) is 6.39 Å². The summed E-state index contributed by atoms with van der Waals surface area (Å²) in [5.74, 6) is -0.357. The van der Waals surface area contributed by atoms with Gasteiger partial charge in [-0.3, -0.25) is 9.59 Å². The highest BCUT2D eigenvalue weighted by molar-refractivity contribution is 6.30. The lowest BCUT2D eigenvalue weighted by molar-refractivity contribution is 0.0944. The van der Waals surface area contributed by atoms with Crippen LogP contribution in [0.1, 0.15) is 33.3 Å². The van der Waals surface area contributed by atoms with Crippen LogP contribution in [0.15, 0.2) is 89.7 Å². The maximum atomic E-state index is 13.5. The molecule has 0 aliphatic carbocycles. The number of nitrogens with zero attached hydrogens (tertiary/aromatic N) is 2. The first-order valence-corrected chi connectivity index (χ1v) is 10.9. The molecule has 4 rings (SSSR count). The van der Waals surface area contributed by atoms with Crippen LogP contribution < -0.4 is 10.2 Å². The molecule has 0 spiro atoms. The van der Waals surface area contributed by atoms with Gasteiger partial charge in [-0.05, 0) is 42.8 Å². The van der Waals surface area contributed by atoms with E-state index in [-0.39, 0.29) is 23.9 Å². The van der Waals surface area contributed by atoms with Crippen LogP contribution in [0, 0.1) is 0 Å². The van der Waals surface area contributed by atoms with Crippen molar-refractivity contribution in [2.75, 3.05) is 11.4 Å². The Morgan fingerprint density at radius 3 is 2.52 bits per heavy atom. The highest BCUT2D eigenvalue weighted by Gasteiger charge is 2.25. The fourth-order valence-corrected chi connectivity index (χ4v) is 3.79. The summed E-state index contributed by atoms with van der Waals surface area (Å²) in [6.07, 6.45) is 1.21. The maximum absolute atomic E-state index is 13.5. The van der Waals surface area contributed by atoms with Crippen LogP contribution in [-0.2, 0) is 6.54 Å². The highest BCUT2D eigenvalue weighted by Crippen LogP contribution is 2.29. The topological polar surface area (TPSA) is 75.4 Å². The van der Waals surface area contributed by atoms with Crippen molar-refractivity contribution in [3.63, 3.8) is 0 Å². The van der Waals surface area contributed by atoms with E-state index in [0.29, 0.717) is 22.7 Å². The van der Waals surface area contributed by atoms with Gasteiger partial charge < -0.3 is 14.6 Å². The first kappa shape index (κ1) is 22.3. The first-order valence-electron chi connectivity index (χ1n) is 10.5. The van der Waals surface area contributed by atoms with Gasteiger partial charge in [0.1, 0.15) is 0 Å². The zero-order valence-electron chi connectivity index (χ0n) is 18.0. The van der Waals surface area contributed by atoms with Gasteiger partial charge >= 0.3 is 0 Å². The lowest BCUT2D eigenvalue weighted by Gasteiger charge is -2.22. The minimum atomic E-state index is -0.406. The Kier molecular flexibility index (Phi) is 6.86. The second kappa shape index (κ2) is 10.1. The van der Waals surface area contributed by atoms with Gasteiger partial charge in [0, 0.05) is 29.4 Å². The molecule has 1 heterocycles. The molecular formula is C26H22ClN3O3. The second-order valence-electron chi connectivity index (χ2n) is 7.27. The van der Waals surface area contributed by atoms with E-state index in [0.717, 1.165) is 11.3 Å². The van der Waals surface area contributed by atoms with Gasteiger partial charge in [-0.2, -0.15) is 0 Å². The summed E-state index contributed by atoms with van der Waals surface area (Å²) in [6.45, 7) is 2.68. The Morgan fingerprint density at radius 1 is 1.00 bits per heavy atom. The Bertz CT molecular complexity index is 1270. The molecule has 0 aliphatic heterocycles. The fourth-order valence-electron chi connectivity index (χ4n) is 3.58. The fraction of sp³-hybridized carbons (Fsp3) is 0.115. The van der Waals surface area contributed by atoms with Crippen molar-refractivity contribution in [2.45, 2.75) is 13.5 Å². The number of carbonyl (C=O) groups excluding carboxylic acids is 2. The molecule has 3 aromatic carbocycles. The van der Waals surface area contributed by atoms with E-state index >= 15 is 0 Å². The van der Waals surface area contributed by atoms with Crippen LogP contribution in [0.5, 0.6) is 0 Å². The molecule has 6 nitrogen and oxygen atoms in total. The quantitative estimate of drug-likeness (QED) is 0.390. The standard InChI is InChI=1S/C26H22ClN3O3/c1-2-30(20-11-4-3-5-12-20)26(32)22-14-7-6-13-21(22)24-23(29-17-33-24)25(31)28-16-18-9-8-10-19(27)15-18/h3-15,17H,2,16H2,1H3,(H,28,31). The van der Waals surface area contributed by atoms with Crippen molar-refractivity contribution in [3.05, 3.63) is 107 Å². The zero-order chi connectivity index (χ0) is 23.2. The summed E-state index contributed by atoms with van der Waals surface area (Å²) in [5.41, 5.74) is 2.68. The van der Waals surface area contributed by atoms with Crippen LogP contribution in [-0.4, -0.2) is 23.3 Å². The smallest absolute Gasteiger partial charge is 0.274 e. The number of oxazole rings is 1. The number of aromatic nitrogens is 1. The molecule has 1 aromatic heterocycles. The Hall–Kier alpha value is -3.90. The third-order valence-corrected chi connectivity index (χ3v) is 5.39. The average molecular weight is 460 g/mol. The highest BCUT2D eigenvalue weighted by atomic mass is 35.5. The number of benzene rings is 3. The Labute approximate surface area is 196 Å². The molecule has 0 saturated heterocycles. The first-order chi connectivity index (χ1) is 16.1. The van der Waals surface area contributed by atoms with E-state index in [4.69, 9.17) is 16.0 Å². The number of para-hydroxylation sites is 1. The van der Waals surface area contributed by atoms with Gasteiger partial charge in [0.25, 0.3) is 11.8 Å².